The number of amides is 1. The van der Waals surface area contributed by atoms with E-state index in [1.54, 1.807) is 31.2 Å². The monoisotopic (exact) mass is 402 g/mol. The van der Waals surface area contributed by atoms with Gasteiger partial charge < -0.3 is 14.2 Å². The molecule has 1 aromatic heterocycles. The lowest BCUT2D eigenvalue weighted by Gasteiger charge is -2.35. The first-order chi connectivity index (χ1) is 12.0. The van der Waals surface area contributed by atoms with Gasteiger partial charge in [0, 0.05) is 43.5 Å². The third-order valence-corrected chi connectivity index (χ3v) is 4.64. The van der Waals surface area contributed by atoms with Crippen LogP contribution >= 0.6 is 15.9 Å². The van der Waals surface area contributed by atoms with Gasteiger partial charge in [-0.3, -0.25) is 9.59 Å². The highest BCUT2D eigenvalue weighted by molar-refractivity contribution is 9.10. The molecule has 0 saturated carbocycles. The third-order valence-electron chi connectivity index (χ3n) is 4.21. The SMILES string of the molecule is CC(=O)c1ccc(N2CCN(C(=O)C=Cc3ccc(Br)o3)CC2)cc1. The Kier molecular flexibility index (Phi) is 5.38. The van der Waals surface area contributed by atoms with Crippen LogP contribution in [-0.2, 0) is 4.79 Å². The topological polar surface area (TPSA) is 53.8 Å². The van der Waals surface area contributed by atoms with Crippen molar-refractivity contribution in [1.82, 2.24) is 4.90 Å². The van der Waals surface area contributed by atoms with E-state index in [-0.39, 0.29) is 11.7 Å². The molecule has 0 radical (unpaired) electrons. The van der Waals surface area contributed by atoms with Crippen molar-refractivity contribution in [3.63, 3.8) is 0 Å². The first-order valence-corrected chi connectivity index (χ1v) is 8.90. The number of Topliss-reactive ketones (excluding diaryl/α,β-unsaturated/α-hetero) is 1. The molecule has 3 rings (SSSR count). The highest BCUT2D eigenvalue weighted by Crippen LogP contribution is 2.18. The van der Waals surface area contributed by atoms with Gasteiger partial charge in [-0.2, -0.15) is 0 Å². The summed E-state index contributed by atoms with van der Waals surface area (Å²) in [5, 5.41) is 0. The van der Waals surface area contributed by atoms with Gasteiger partial charge in [-0.05, 0) is 65.3 Å². The average molecular weight is 403 g/mol. The number of ketones is 1. The number of rotatable bonds is 4. The molecule has 0 N–H and O–H groups in total. The Hall–Kier alpha value is -2.34. The van der Waals surface area contributed by atoms with Gasteiger partial charge in [0.15, 0.2) is 10.5 Å². The minimum Gasteiger partial charge on any atom is -0.450 e. The fourth-order valence-electron chi connectivity index (χ4n) is 2.77. The highest BCUT2D eigenvalue weighted by Gasteiger charge is 2.20. The average Bonchev–Trinajstić information content (AvgIpc) is 3.05. The molecule has 0 bridgehead atoms. The van der Waals surface area contributed by atoms with Crippen LogP contribution in [0.4, 0.5) is 5.69 Å². The van der Waals surface area contributed by atoms with Gasteiger partial charge in [-0.1, -0.05) is 0 Å². The van der Waals surface area contributed by atoms with Gasteiger partial charge in [0.1, 0.15) is 5.76 Å². The predicted molar refractivity (Wildman–Crippen MR) is 101 cm³/mol. The molecule has 5 nitrogen and oxygen atoms in total. The van der Waals surface area contributed by atoms with Crippen molar-refractivity contribution in [2.45, 2.75) is 6.92 Å². The normalized spacial score (nSPS) is 15.0. The number of piperazine rings is 1. The summed E-state index contributed by atoms with van der Waals surface area (Å²) >= 11 is 3.24. The quantitative estimate of drug-likeness (QED) is 0.578. The van der Waals surface area contributed by atoms with E-state index in [0.29, 0.717) is 29.1 Å². The molecule has 1 aliphatic heterocycles. The lowest BCUT2D eigenvalue weighted by Crippen LogP contribution is -2.48. The second-order valence-electron chi connectivity index (χ2n) is 5.89. The molecule has 1 amide bonds. The molecule has 25 heavy (non-hydrogen) atoms. The number of benzene rings is 1. The maximum Gasteiger partial charge on any atom is 0.246 e. The van der Waals surface area contributed by atoms with Crippen LogP contribution in [0.5, 0.6) is 0 Å². The maximum absolute atomic E-state index is 12.3. The molecular weight excluding hydrogens is 384 g/mol. The van der Waals surface area contributed by atoms with Gasteiger partial charge in [-0.25, -0.2) is 0 Å². The number of carbonyl (C=O) groups is 2. The van der Waals surface area contributed by atoms with Crippen LogP contribution in [0.15, 0.2) is 51.6 Å². The lowest BCUT2D eigenvalue weighted by molar-refractivity contribution is -0.126. The van der Waals surface area contributed by atoms with Crippen LogP contribution in [0.3, 0.4) is 0 Å². The summed E-state index contributed by atoms with van der Waals surface area (Å²) in [5.74, 6) is 0.695. The number of nitrogens with zero attached hydrogens (tertiary/aromatic N) is 2. The first-order valence-electron chi connectivity index (χ1n) is 8.11. The molecule has 0 unspecified atom stereocenters. The zero-order chi connectivity index (χ0) is 17.8. The summed E-state index contributed by atoms with van der Waals surface area (Å²) in [6.45, 7) is 4.43. The number of carbonyl (C=O) groups excluding carboxylic acids is 2. The maximum atomic E-state index is 12.3. The van der Waals surface area contributed by atoms with E-state index in [0.717, 1.165) is 18.8 Å². The fourth-order valence-corrected chi connectivity index (χ4v) is 3.09. The third kappa shape index (κ3) is 4.39. The summed E-state index contributed by atoms with van der Waals surface area (Å²) in [6.07, 6.45) is 3.22. The van der Waals surface area contributed by atoms with Gasteiger partial charge in [0.05, 0.1) is 0 Å². The van der Waals surface area contributed by atoms with Crippen molar-refractivity contribution < 1.29 is 14.0 Å². The van der Waals surface area contributed by atoms with E-state index in [4.69, 9.17) is 4.42 Å². The van der Waals surface area contributed by atoms with Crippen molar-refractivity contribution in [2.75, 3.05) is 31.1 Å². The van der Waals surface area contributed by atoms with Gasteiger partial charge in [-0.15, -0.1) is 0 Å². The number of furan rings is 1. The molecule has 2 aromatic rings. The van der Waals surface area contributed by atoms with Crippen LogP contribution in [0.2, 0.25) is 0 Å². The minimum atomic E-state index is -0.0147. The van der Waals surface area contributed by atoms with E-state index in [2.05, 4.69) is 20.8 Å². The molecule has 1 aliphatic rings. The Morgan fingerprint density at radius 3 is 2.28 bits per heavy atom. The van der Waals surface area contributed by atoms with E-state index in [1.165, 1.54) is 0 Å². The van der Waals surface area contributed by atoms with Crippen molar-refractivity contribution in [3.8, 4) is 0 Å². The van der Waals surface area contributed by atoms with Crippen molar-refractivity contribution in [3.05, 3.63) is 58.5 Å². The number of anilines is 1. The molecule has 6 heteroatoms. The minimum absolute atomic E-state index is 0.0147. The van der Waals surface area contributed by atoms with Crippen LogP contribution in [-0.4, -0.2) is 42.8 Å². The largest absolute Gasteiger partial charge is 0.450 e. The number of hydrogen-bond donors (Lipinski definition) is 0. The molecule has 1 fully saturated rings. The molecule has 2 heterocycles. The van der Waals surface area contributed by atoms with Crippen molar-refractivity contribution >= 4 is 39.4 Å². The lowest BCUT2D eigenvalue weighted by atomic mass is 10.1. The van der Waals surface area contributed by atoms with Crippen molar-refractivity contribution in [1.29, 1.82) is 0 Å². The van der Waals surface area contributed by atoms with Crippen molar-refractivity contribution in [2.24, 2.45) is 0 Å². The highest BCUT2D eigenvalue weighted by atomic mass is 79.9. The molecule has 1 saturated heterocycles. The predicted octanol–water partition coefficient (Wildman–Crippen LogP) is 3.61. The molecule has 0 aliphatic carbocycles. The van der Waals surface area contributed by atoms with E-state index >= 15 is 0 Å². The van der Waals surface area contributed by atoms with Crippen LogP contribution < -0.4 is 4.90 Å². The van der Waals surface area contributed by atoms with Gasteiger partial charge in [0.2, 0.25) is 5.91 Å². The number of halogens is 1. The van der Waals surface area contributed by atoms with Crippen LogP contribution in [0, 0.1) is 0 Å². The molecule has 130 valence electrons. The summed E-state index contributed by atoms with van der Waals surface area (Å²) in [6, 6.07) is 11.2. The first kappa shape index (κ1) is 17.5. The Balaban J connectivity index is 1.55. The van der Waals surface area contributed by atoms with Crippen LogP contribution in [0.1, 0.15) is 23.0 Å². The number of hydrogen-bond acceptors (Lipinski definition) is 4. The van der Waals surface area contributed by atoms with Gasteiger partial charge in [0.25, 0.3) is 0 Å². The van der Waals surface area contributed by atoms with E-state index in [9.17, 15) is 9.59 Å². The zero-order valence-electron chi connectivity index (χ0n) is 13.9. The van der Waals surface area contributed by atoms with E-state index < -0.39 is 0 Å². The zero-order valence-corrected chi connectivity index (χ0v) is 15.5. The Morgan fingerprint density at radius 2 is 1.72 bits per heavy atom. The second-order valence-corrected chi connectivity index (χ2v) is 6.67. The second kappa shape index (κ2) is 7.70. The summed E-state index contributed by atoms with van der Waals surface area (Å²) in [7, 11) is 0. The Morgan fingerprint density at radius 1 is 1.04 bits per heavy atom. The summed E-state index contributed by atoms with van der Waals surface area (Å²) < 4.78 is 5.99. The smallest absolute Gasteiger partial charge is 0.246 e. The van der Waals surface area contributed by atoms with Crippen LogP contribution in [0.25, 0.3) is 6.08 Å². The summed E-state index contributed by atoms with van der Waals surface area (Å²) in [4.78, 5) is 27.7. The van der Waals surface area contributed by atoms with Gasteiger partial charge >= 0.3 is 0 Å². The standard InChI is InChI=1S/C19H19BrN2O3/c1-14(23)15-2-4-16(5-3-15)21-10-12-22(13-11-21)19(24)9-7-17-6-8-18(20)25-17/h2-9H,10-13H2,1H3. The Labute approximate surface area is 155 Å². The van der Waals surface area contributed by atoms with E-state index in [1.807, 2.05) is 29.2 Å². The molecule has 0 spiro atoms. The summed E-state index contributed by atoms with van der Waals surface area (Å²) in [5.41, 5.74) is 1.79. The fraction of sp³-hybridized carbons (Fsp3) is 0.263. The Bertz CT molecular complexity index is 787. The molecule has 0 atom stereocenters. The molecule has 1 aromatic carbocycles. The molecular formula is C19H19BrN2O3.